The molecule has 1 aliphatic carbocycles. The van der Waals surface area contributed by atoms with Gasteiger partial charge in [0.05, 0.1) is 11.0 Å². The molecule has 20 heavy (non-hydrogen) atoms. The minimum atomic E-state index is -2.89. The van der Waals surface area contributed by atoms with E-state index in [-0.39, 0.29) is 5.25 Å². The van der Waals surface area contributed by atoms with E-state index in [1.54, 1.807) is 13.8 Å². The Hall–Kier alpha value is -0.0900. The van der Waals surface area contributed by atoms with Crippen molar-refractivity contribution >= 4 is 9.84 Å². The molecule has 0 aliphatic heterocycles. The molecule has 0 aromatic rings. The van der Waals surface area contributed by atoms with E-state index in [4.69, 9.17) is 0 Å². The normalized spacial score (nSPS) is 27.9. The monoisotopic (exact) mass is 303 g/mol. The minimum Gasteiger partial charge on any atom is -0.314 e. The van der Waals surface area contributed by atoms with Gasteiger partial charge in [-0.2, -0.15) is 0 Å². The molecule has 1 fully saturated rings. The van der Waals surface area contributed by atoms with Crippen LogP contribution in [0.15, 0.2) is 0 Å². The second-order valence-electron chi connectivity index (χ2n) is 6.60. The fourth-order valence-electron chi connectivity index (χ4n) is 3.43. The maximum Gasteiger partial charge on any atom is 0.152 e. The van der Waals surface area contributed by atoms with Gasteiger partial charge in [-0.25, -0.2) is 8.42 Å². The molecule has 120 valence electrons. The van der Waals surface area contributed by atoms with Gasteiger partial charge in [-0.1, -0.05) is 26.7 Å². The molecule has 1 saturated carbocycles. The fourth-order valence-corrected chi connectivity index (χ4v) is 4.54. The molecule has 0 spiro atoms. The Kier molecular flexibility index (Phi) is 7.52. The van der Waals surface area contributed by atoms with Crippen molar-refractivity contribution in [3.8, 4) is 0 Å². The molecule has 0 heterocycles. The van der Waals surface area contributed by atoms with Crippen LogP contribution < -0.4 is 5.32 Å². The number of sulfone groups is 1. The maximum atomic E-state index is 12.0. The lowest BCUT2D eigenvalue weighted by Gasteiger charge is -2.37. The van der Waals surface area contributed by atoms with E-state index in [2.05, 4.69) is 19.2 Å². The molecule has 0 aromatic heterocycles. The summed E-state index contributed by atoms with van der Waals surface area (Å²) in [7, 11) is -2.89. The Morgan fingerprint density at radius 1 is 1.15 bits per heavy atom. The molecule has 0 bridgehead atoms. The van der Waals surface area contributed by atoms with Crippen molar-refractivity contribution in [1.29, 1.82) is 0 Å². The lowest BCUT2D eigenvalue weighted by atomic mass is 9.75. The number of nitrogens with one attached hydrogen (secondary N) is 1. The van der Waals surface area contributed by atoms with Gasteiger partial charge in [-0.3, -0.25) is 0 Å². The molecule has 1 N–H and O–H groups in total. The molecule has 0 amide bonds. The second kappa shape index (κ2) is 8.38. The zero-order valence-electron chi connectivity index (χ0n) is 13.7. The summed E-state index contributed by atoms with van der Waals surface area (Å²) < 4.78 is 24.0. The van der Waals surface area contributed by atoms with Gasteiger partial charge in [0.15, 0.2) is 9.84 Å². The Morgan fingerprint density at radius 2 is 1.85 bits per heavy atom. The first-order valence-electron chi connectivity index (χ1n) is 8.35. The quantitative estimate of drug-likeness (QED) is 0.747. The summed E-state index contributed by atoms with van der Waals surface area (Å²) in [4.78, 5) is 0. The molecule has 3 atom stereocenters. The third-order valence-corrected chi connectivity index (χ3v) is 6.99. The van der Waals surface area contributed by atoms with Crippen molar-refractivity contribution in [3.63, 3.8) is 0 Å². The molecule has 0 aromatic carbocycles. The average molecular weight is 304 g/mol. The van der Waals surface area contributed by atoms with Crippen LogP contribution in [0.4, 0.5) is 0 Å². The van der Waals surface area contributed by atoms with Crippen LogP contribution in [0.1, 0.15) is 66.2 Å². The zero-order valence-corrected chi connectivity index (χ0v) is 14.5. The summed E-state index contributed by atoms with van der Waals surface area (Å²) in [6.07, 6.45) is 7.10. The van der Waals surface area contributed by atoms with Crippen LogP contribution in [0.2, 0.25) is 0 Å². The number of hydrogen-bond donors (Lipinski definition) is 1. The van der Waals surface area contributed by atoms with Gasteiger partial charge >= 0.3 is 0 Å². The molecular weight excluding hydrogens is 270 g/mol. The van der Waals surface area contributed by atoms with Gasteiger partial charge < -0.3 is 5.32 Å². The summed E-state index contributed by atoms with van der Waals surface area (Å²) in [5.41, 5.74) is 0. The highest BCUT2D eigenvalue weighted by molar-refractivity contribution is 7.91. The van der Waals surface area contributed by atoms with E-state index in [0.29, 0.717) is 17.7 Å². The first kappa shape index (κ1) is 18.0. The van der Waals surface area contributed by atoms with Crippen molar-refractivity contribution in [2.75, 3.05) is 12.3 Å². The van der Waals surface area contributed by atoms with Gasteiger partial charge in [0.2, 0.25) is 0 Å². The van der Waals surface area contributed by atoms with E-state index in [9.17, 15) is 8.42 Å². The summed E-state index contributed by atoms with van der Waals surface area (Å²) in [5.74, 6) is 1.70. The molecule has 0 saturated heterocycles. The smallest absolute Gasteiger partial charge is 0.152 e. The highest BCUT2D eigenvalue weighted by atomic mass is 32.2. The lowest BCUT2D eigenvalue weighted by molar-refractivity contribution is 0.192. The first-order valence-corrected chi connectivity index (χ1v) is 10.1. The van der Waals surface area contributed by atoms with E-state index >= 15 is 0 Å². The average Bonchev–Trinajstić information content (AvgIpc) is 2.39. The molecule has 0 radical (unpaired) electrons. The van der Waals surface area contributed by atoms with Gasteiger partial charge in [0.25, 0.3) is 0 Å². The SMILES string of the molecule is CCCC1CCC(NCC)C(CCS(=O)(=O)C(C)C)C1. The first-order chi connectivity index (χ1) is 9.40. The van der Waals surface area contributed by atoms with Crippen molar-refractivity contribution in [2.24, 2.45) is 11.8 Å². The Balaban J connectivity index is 2.60. The van der Waals surface area contributed by atoms with Crippen LogP contribution in [0.5, 0.6) is 0 Å². The zero-order chi connectivity index (χ0) is 15.2. The predicted octanol–water partition coefficient (Wildman–Crippen LogP) is 3.39. The number of hydrogen-bond acceptors (Lipinski definition) is 3. The van der Waals surface area contributed by atoms with Crippen LogP contribution in [-0.2, 0) is 9.84 Å². The van der Waals surface area contributed by atoms with Crippen LogP contribution >= 0.6 is 0 Å². The van der Waals surface area contributed by atoms with Crippen molar-refractivity contribution in [2.45, 2.75) is 77.5 Å². The minimum absolute atomic E-state index is 0.241. The van der Waals surface area contributed by atoms with Crippen LogP contribution in [0.25, 0.3) is 0 Å². The molecule has 3 nitrogen and oxygen atoms in total. The summed E-state index contributed by atoms with van der Waals surface area (Å²) in [6.45, 7) is 8.95. The standard InChI is InChI=1S/C16H33NO2S/c1-5-7-14-8-9-16(17-6-2)15(12-14)10-11-20(18,19)13(3)4/h13-17H,5-12H2,1-4H3. The van der Waals surface area contributed by atoms with Gasteiger partial charge in [-0.05, 0) is 57.9 Å². The molecule has 4 heteroatoms. The highest BCUT2D eigenvalue weighted by Gasteiger charge is 2.30. The molecule has 3 unspecified atom stereocenters. The van der Waals surface area contributed by atoms with E-state index in [0.717, 1.165) is 18.9 Å². The van der Waals surface area contributed by atoms with Crippen molar-refractivity contribution in [1.82, 2.24) is 5.32 Å². The summed E-state index contributed by atoms with van der Waals surface area (Å²) in [5, 5.41) is 3.33. The summed E-state index contributed by atoms with van der Waals surface area (Å²) >= 11 is 0. The van der Waals surface area contributed by atoms with Crippen LogP contribution in [0.3, 0.4) is 0 Å². The summed E-state index contributed by atoms with van der Waals surface area (Å²) in [6, 6.07) is 0.524. The largest absolute Gasteiger partial charge is 0.314 e. The predicted molar refractivity (Wildman–Crippen MR) is 86.7 cm³/mol. The lowest BCUT2D eigenvalue weighted by Crippen LogP contribution is -2.41. The Morgan fingerprint density at radius 3 is 2.40 bits per heavy atom. The van der Waals surface area contributed by atoms with Crippen molar-refractivity contribution < 1.29 is 8.42 Å². The third kappa shape index (κ3) is 5.36. The van der Waals surface area contributed by atoms with Gasteiger partial charge in [0.1, 0.15) is 0 Å². The topological polar surface area (TPSA) is 46.2 Å². The van der Waals surface area contributed by atoms with E-state index in [1.165, 1.54) is 32.1 Å². The van der Waals surface area contributed by atoms with Crippen LogP contribution in [-0.4, -0.2) is 32.0 Å². The van der Waals surface area contributed by atoms with Gasteiger partial charge in [0, 0.05) is 6.04 Å². The number of rotatable bonds is 8. The Bertz CT molecular complexity index is 365. The highest BCUT2D eigenvalue weighted by Crippen LogP contribution is 2.34. The molecular formula is C16H33NO2S. The third-order valence-electron chi connectivity index (χ3n) is 4.75. The Labute approximate surface area is 125 Å². The van der Waals surface area contributed by atoms with Crippen LogP contribution in [0, 0.1) is 11.8 Å². The van der Waals surface area contributed by atoms with Gasteiger partial charge in [-0.15, -0.1) is 0 Å². The van der Waals surface area contributed by atoms with E-state index < -0.39 is 9.84 Å². The van der Waals surface area contributed by atoms with E-state index in [1.807, 2.05) is 0 Å². The van der Waals surface area contributed by atoms with Crippen molar-refractivity contribution in [3.05, 3.63) is 0 Å². The molecule has 1 rings (SSSR count). The fraction of sp³-hybridized carbons (Fsp3) is 1.00. The second-order valence-corrected chi connectivity index (χ2v) is 9.27. The maximum absolute atomic E-state index is 12.0. The molecule has 1 aliphatic rings.